The molecule has 1 rings (SSSR count). The van der Waals surface area contributed by atoms with Crippen molar-refractivity contribution in [1.29, 1.82) is 0 Å². The zero-order chi connectivity index (χ0) is 15.6. The van der Waals surface area contributed by atoms with E-state index in [1.54, 1.807) is 4.90 Å². The van der Waals surface area contributed by atoms with Crippen molar-refractivity contribution in [1.82, 2.24) is 4.90 Å². The Morgan fingerprint density at radius 3 is 2.10 bits per heavy atom. The Hall–Kier alpha value is -0.870. The van der Waals surface area contributed by atoms with Crippen LogP contribution < -0.4 is 0 Å². The number of likely N-dealkylation sites (tertiary alicyclic amines) is 1. The van der Waals surface area contributed by atoms with E-state index < -0.39 is 11.5 Å². The molecule has 1 heterocycles. The molecule has 1 amide bonds. The molecule has 0 saturated carbocycles. The zero-order valence-electron chi connectivity index (χ0n) is 13.3. The van der Waals surface area contributed by atoms with Crippen molar-refractivity contribution in [2.45, 2.75) is 71.8 Å². The number of nitrogens with zero attached hydrogens (tertiary/aromatic N) is 1. The van der Waals surface area contributed by atoms with E-state index in [-0.39, 0.29) is 17.9 Å². The molecule has 0 aromatic rings. The Labute approximate surface area is 120 Å². The molecule has 20 heavy (non-hydrogen) atoms. The molecule has 1 aliphatic heterocycles. The van der Waals surface area contributed by atoms with Gasteiger partial charge in [0, 0.05) is 19.5 Å². The van der Waals surface area contributed by atoms with E-state index in [1.807, 2.05) is 27.7 Å². The summed E-state index contributed by atoms with van der Waals surface area (Å²) in [5.41, 5.74) is -0.597. The molecule has 0 aliphatic carbocycles. The van der Waals surface area contributed by atoms with Crippen LogP contribution in [0.2, 0.25) is 0 Å². The number of rotatable bonds is 3. The maximum atomic E-state index is 13.0. The molecule has 0 atom stereocenters. The third-order valence-electron chi connectivity index (χ3n) is 3.79. The van der Waals surface area contributed by atoms with Gasteiger partial charge in [0.1, 0.15) is 5.60 Å². The van der Waals surface area contributed by atoms with Gasteiger partial charge in [-0.05, 0) is 52.4 Å². The van der Waals surface area contributed by atoms with Crippen LogP contribution in [-0.4, -0.2) is 35.6 Å². The second-order valence-corrected chi connectivity index (χ2v) is 7.35. The highest BCUT2D eigenvalue weighted by molar-refractivity contribution is 5.68. The summed E-state index contributed by atoms with van der Waals surface area (Å²) >= 11 is 0. The van der Waals surface area contributed by atoms with Crippen LogP contribution >= 0.6 is 0 Å². The van der Waals surface area contributed by atoms with E-state index in [4.69, 9.17) is 4.74 Å². The van der Waals surface area contributed by atoms with Gasteiger partial charge in [0.2, 0.25) is 5.92 Å². The number of carbonyl (C=O) groups is 1. The predicted molar refractivity (Wildman–Crippen MR) is 75.0 cm³/mol. The number of hydrogen-bond donors (Lipinski definition) is 0. The summed E-state index contributed by atoms with van der Waals surface area (Å²) in [5, 5.41) is 0. The highest BCUT2D eigenvalue weighted by Crippen LogP contribution is 2.38. The van der Waals surface area contributed by atoms with Crippen molar-refractivity contribution in [3.05, 3.63) is 0 Å². The highest BCUT2D eigenvalue weighted by atomic mass is 19.3. The molecule has 0 radical (unpaired) electrons. The van der Waals surface area contributed by atoms with Gasteiger partial charge in [-0.15, -0.1) is 0 Å². The van der Waals surface area contributed by atoms with Crippen molar-refractivity contribution in [2.24, 2.45) is 5.41 Å². The van der Waals surface area contributed by atoms with E-state index in [0.29, 0.717) is 19.5 Å². The normalized spacial score (nSPS) is 19.9. The molecule has 0 aromatic heterocycles. The molecule has 1 saturated heterocycles. The lowest BCUT2D eigenvalue weighted by Crippen LogP contribution is -2.44. The first kappa shape index (κ1) is 17.2. The minimum absolute atomic E-state index is 0.0874. The van der Waals surface area contributed by atoms with E-state index in [0.717, 1.165) is 19.8 Å². The van der Waals surface area contributed by atoms with Crippen LogP contribution in [0.1, 0.15) is 60.3 Å². The smallest absolute Gasteiger partial charge is 0.410 e. The third kappa shape index (κ3) is 6.06. The molecule has 118 valence electrons. The summed E-state index contributed by atoms with van der Waals surface area (Å²) in [7, 11) is 0. The quantitative estimate of drug-likeness (QED) is 0.768. The largest absolute Gasteiger partial charge is 0.444 e. The van der Waals surface area contributed by atoms with Gasteiger partial charge in [0.25, 0.3) is 0 Å². The Bertz CT molecular complexity index is 337. The number of amides is 1. The predicted octanol–water partition coefficient (Wildman–Crippen LogP) is 4.46. The number of halogens is 2. The van der Waals surface area contributed by atoms with Crippen molar-refractivity contribution in [3.63, 3.8) is 0 Å². The number of piperidine rings is 1. The highest BCUT2D eigenvalue weighted by Gasteiger charge is 2.35. The van der Waals surface area contributed by atoms with Gasteiger partial charge in [-0.3, -0.25) is 0 Å². The molecule has 0 unspecified atom stereocenters. The van der Waals surface area contributed by atoms with E-state index in [1.165, 1.54) is 0 Å². The maximum Gasteiger partial charge on any atom is 0.410 e. The zero-order valence-corrected chi connectivity index (χ0v) is 13.3. The first-order chi connectivity index (χ1) is 8.90. The topological polar surface area (TPSA) is 29.5 Å². The summed E-state index contributed by atoms with van der Waals surface area (Å²) in [6.45, 7) is 9.67. The second-order valence-electron chi connectivity index (χ2n) is 7.35. The van der Waals surface area contributed by atoms with Crippen LogP contribution in [0.15, 0.2) is 0 Å². The van der Waals surface area contributed by atoms with Crippen LogP contribution in [0.3, 0.4) is 0 Å². The average molecular weight is 291 g/mol. The van der Waals surface area contributed by atoms with Crippen LogP contribution in [-0.2, 0) is 4.74 Å². The molecule has 0 bridgehead atoms. The molecule has 0 aromatic carbocycles. The van der Waals surface area contributed by atoms with Crippen molar-refractivity contribution >= 4 is 6.09 Å². The number of hydrogen-bond acceptors (Lipinski definition) is 2. The number of carbonyl (C=O) groups excluding carboxylic acids is 1. The Morgan fingerprint density at radius 2 is 1.70 bits per heavy atom. The van der Waals surface area contributed by atoms with Crippen LogP contribution in [0, 0.1) is 5.41 Å². The molecular formula is C15H27F2NO2. The van der Waals surface area contributed by atoms with E-state index in [2.05, 4.69) is 0 Å². The molecule has 5 heteroatoms. The Kier molecular flexibility index (Phi) is 5.03. The second kappa shape index (κ2) is 5.86. The maximum absolute atomic E-state index is 13.0. The standard InChI is InChI=1S/C15H27F2NO2/c1-13(2,3)20-12(19)18-10-8-14(4,9-11-18)6-7-15(5,16)17/h6-11H2,1-5H3. The lowest BCUT2D eigenvalue weighted by atomic mass is 9.76. The van der Waals surface area contributed by atoms with Crippen molar-refractivity contribution < 1.29 is 18.3 Å². The molecular weight excluding hydrogens is 264 g/mol. The van der Waals surface area contributed by atoms with Gasteiger partial charge >= 0.3 is 6.09 Å². The fraction of sp³-hybridized carbons (Fsp3) is 0.933. The molecule has 0 spiro atoms. The summed E-state index contributed by atoms with van der Waals surface area (Å²) in [6.07, 6.45) is 1.61. The van der Waals surface area contributed by atoms with Gasteiger partial charge in [-0.2, -0.15) is 0 Å². The van der Waals surface area contributed by atoms with Gasteiger partial charge < -0.3 is 9.64 Å². The summed E-state index contributed by atoms with van der Waals surface area (Å²) in [5.74, 6) is -2.61. The minimum Gasteiger partial charge on any atom is -0.444 e. The van der Waals surface area contributed by atoms with Crippen LogP contribution in [0.4, 0.5) is 13.6 Å². The number of alkyl halides is 2. The van der Waals surface area contributed by atoms with Crippen LogP contribution in [0.5, 0.6) is 0 Å². The first-order valence-electron chi connectivity index (χ1n) is 7.26. The van der Waals surface area contributed by atoms with Gasteiger partial charge in [-0.25, -0.2) is 13.6 Å². The fourth-order valence-electron chi connectivity index (χ4n) is 2.33. The van der Waals surface area contributed by atoms with Gasteiger partial charge in [0.05, 0.1) is 0 Å². The minimum atomic E-state index is -2.61. The summed E-state index contributed by atoms with van der Waals surface area (Å²) < 4.78 is 31.2. The molecule has 1 aliphatic rings. The Morgan fingerprint density at radius 1 is 1.20 bits per heavy atom. The SMILES string of the molecule is CC(F)(F)CCC1(C)CCN(C(=O)OC(C)(C)C)CC1. The monoisotopic (exact) mass is 291 g/mol. The van der Waals surface area contributed by atoms with Gasteiger partial charge in [0.15, 0.2) is 0 Å². The molecule has 3 nitrogen and oxygen atoms in total. The van der Waals surface area contributed by atoms with Crippen molar-refractivity contribution in [2.75, 3.05) is 13.1 Å². The first-order valence-corrected chi connectivity index (χ1v) is 7.26. The van der Waals surface area contributed by atoms with E-state index >= 15 is 0 Å². The average Bonchev–Trinajstić information content (AvgIpc) is 2.24. The number of ether oxygens (including phenoxy) is 1. The third-order valence-corrected chi connectivity index (χ3v) is 3.79. The van der Waals surface area contributed by atoms with Gasteiger partial charge in [-0.1, -0.05) is 6.92 Å². The lowest BCUT2D eigenvalue weighted by Gasteiger charge is -2.40. The van der Waals surface area contributed by atoms with Crippen LogP contribution in [0.25, 0.3) is 0 Å². The fourth-order valence-corrected chi connectivity index (χ4v) is 2.33. The van der Waals surface area contributed by atoms with E-state index in [9.17, 15) is 13.6 Å². The summed E-state index contributed by atoms with van der Waals surface area (Å²) in [6, 6.07) is 0. The Balaban J connectivity index is 2.44. The lowest BCUT2D eigenvalue weighted by molar-refractivity contribution is -0.0143. The van der Waals surface area contributed by atoms with Crippen molar-refractivity contribution in [3.8, 4) is 0 Å². The molecule has 0 N–H and O–H groups in total. The molecule has 1 fully saturated rings. The summed E-state index contributed by atoms with van der Waals surface area (Å²) in [4.78, 5) is 13.6.